The number of aromatic nitrogens is 2. The summed E-state index contributed by atoms with van der Waals surface area (Å²) in [4.78, 5) is 27.6. The minimum Gasteiger partial charge on any atom is -0.481 e. The van der Waals surface area contributed by atoms with Gasteiger partial charge in [-0.1, -0.05) is 6.92 Å². The van der Waals surface area contributed by atoms with Gasteiger partial charge < -0.3 is 10.0 Å². The van der Waals surface area contributed by atoms with Crippen LogP contribution >= 0.6 is 11.5 Å². The summed E-state index contributed by atoms with van der Waals surface area (Å²) >= 11 is 1.08. The van der Waals surface area contributed by atoms with Crippen molar-refractivity contribution in [1.82, 2.24) is 14.3 Å². The van der Waals surface area contributed by atoms with Gasteiger partial charge in [0.2, 0.25) is 5.13 Å². The number of hydrogen-bond acceptors (Lipinski definition) is 5. The number of hydrogen-bond donors (Lipinski definition) is 2. The maximum Gasteiger partial charge on any atom is 0.323 e. The lowest BCUT2D eigenvalue weighted by Crippen LogP contribution is -2.36. The molecule has 0 radical (unpaired) electrons. The molecule has 0 fully saturated rings. The fourth-order valence-corrected chi connectivity index (χ4v) is 1.67. The van der Waals surface area contributed by atoms with Crippen LogP contribution in [0.1, 0.15) is 12.7 Å². The number of anilines is 1. The number of nitrogens with zero attached hydrogens (tertiary/aromatic N) is 3. The molecule has 0 aliphatic carbocycles. The van der Waals surface area contributed by atoms with Crippen LogP contribution in [0.15, 0.2) is 0 Å². The summed E-state index contributed by atoms with van der Waals surface area (Å²) in [6.07, 6.45) is 0. The number of aliphatic carboxylic acids is 1. The van der Waals surface area contributed by atoms with Crippen LogP contribution < -0.4 is 5.32 Å². The first-order valence-electron chi connectivity index (χ1n) is 4.95. The zero-order valence-corrected chi connectivity index (χ0v) is 10.6. The first-order valence-corrected chi connectivity index (χ1v) is 5.72. The third-order valence-corrected chi connectivity index (χ3v) is 2.78. The summed E-state index contributed by atoms with van der Waals surface area (Å²) in [5.74, 6) is -0.954. The predicted molar refractivity (Wildman–Crippen MR) is 63.1 cm³/mol. The van der Waals surface area contributed by atoms with Gasteiger partial charge in [-0.3, -0.25) is 10.1 Å². The Kier molecular flexibility index (Phi) is 4.38. The van der Waals surface area contributed by atoms with E-state index in [1.807, 2.05) is 0 Å². The maximum atomic E-state index is 11.6. The average molecular weight is 258 g/mol. The van der Waals surface area contributed by atoms with Crippen molar-refractivity contribution in [2.75, 3.05) is 18.9 Å². The molecule has 0 saturated heterocycles. The van der Waals surface area contributed by atoms with E-state index in [1.54, 1.807) is 13.8 Å². The second kappa shape index (κ2) is 5.58. The maximum absolute atomic E-state index is 11.6. The molecule has 94 valence electrons. The summed E-state index contributed by atoms with van der Waals surface area (Å²) < 4.78 is 3.92. The van der Waals surface area contributed by atoms with Crippen LogP contribution in [0.5, 0.6) is 0 Å². The van der Waals surface area contributed by atoms with Gasteiger partial charge in [-0.25, -0.2) is 9.78 Å². The SMILES string of the molecule is Cc1nsc(NC(=O)N(C)CC(C)C(=O)O)n1. The van der Waals surface area contributed by atoms with Gasteiger partial charge in [-0.15, -0.1) is 0 Å². The molecule has 2 amide bonds. The molecule has 17 heavy (non-hydrogen) atoms. The Morgan fingerprint density at radius 3 is 2.71 bits per heavy atom. The number of aryl methyl sites for hydroxylation is 1. The Labute approximate surface area is 103 Å². The number of nitrogens with one attached hydrogen (secondary N) is 1. The summed E-state index contributed by atoms with van der Waals surface area (Å²) in [5, 5.41) is 11.7. The van der Waals surface area contributed by atoms with E-state index >= 15 is 0 Å². The molecule has 1 unspecified atom stereocenters. The van der Waals surface area contributed by atoms with E-state index in [1.165, 1.54) is 11.9 Å². The van der Waals surface area contributed by atoms with E-state index in [0.717, 1.165) is 11.5 Å². The quantitative estimate of drug-likeness (QED) is 0.841. The molecule has 0 bridgehead atoms. The van der Waals surface area contributed by atoms with Crippen molar-refractivity contribution in [3.05, 3.63) is 5.82 Å². The van der Waals surface area contributed by atoms with Crippen LogP contribution in [0.25, 0.3) is 0 Å². The van der Waals surface area contributed by atoms with Gasteiger partial charge in [0.15, 0.2) is 0 Å². The number of rotatable bonds is 4. The molecular formula is C9H14N4O3S. The Morgan fingerprint density at radius 2 is 2.24 bits per heavy atom. The van der Waals surface area contributed by atoms with Crippen molar-refractivity contribution < 1.29 is 14.7 Å². The molecule has 0 spiro atoms. The summed E-state index contributed by atoms with van der Waals surface area (Å²) in [7, 11) is 1.53. The Balaban J connectivity index is 2.50. The van der Waals surface area contributed by atoms with Crippen molar-refractivity contribution in [1.29, 1.82) is 0 Å². The molecule has 1 rings (SSSR count). The molecule has 1 aromatic heterocycles. The van der Waals surface area contributed by atoms with Crippen LogP contribution in [0, 0.1) is 12.8 Å². The molecule has 0 aromatic carbocycles. The van der Waals surface area contributed by atoms with Crippen molar-refractivity contribution in [2.45, 2.75) is 13.8 Å². The van der Waals surface area contributed by atoms with Crippen LogP contribution in [0.4, 0.5) is 9.93 Å². The number of urea groups is 1. The second-order valence-corrected chi connectivity index (χ2v) is 4.45. The molecule has 1 heterocycles. The Morgan fingerprint density at radius 1 is 1.59 bits per heavy atom. The lowest BCUT2D eigenvalue weighted by Gasteiger charge is -2.18. The number of amides is 2. The van der Waals surface area contributed by atoms with Gasteiger partial charge in [0.05, 0.1) is 5.92 Å². The van der Waals surface area contributed by atoms with E-state index < -0.39 is 17.9 Å². The highest BCUT2D eigenvalue weighted by Gasteiger charge is 2.18. The lowest BCUT2D eigenvalue weighted by molar-refractivity contribution is -0.141. The predicted octanol–water partition coefficient (Wildman–Crippen LogP) is 1.03. The van der Waals surface area contributed by atoms with E-state index in [9.17, 15) is 9.59 Å². The first kappa shape index (κ1) is 13.4. The number of carboxylic acid groups (broad SMARTS) is 1. The number of carbonyl (C=O) groups excluding carboxylic acids is 1. The van der Waals surface area contributed by atoms with E-state index in [4.69, 9.17) is 5.11 Å². The van der Waals surface area contributed by atoms with E-state index in [0.29, 0.717) is 11.0 Å². The fourth-order valence-electron chi connectivity index (χ4n) is 1.11. The lowest BCUT2D eigenvalue weighted by atomic mass is 10.2. The van der Waals surface area contributed by atoms with Crippen LogP contribution in [-0.2, 0) is 4.79 Å². The normalized spacial score (nSPS) is 11.9. The molecule has 0 aliphatic rings. The molecule has 8 heteroatoms. The largest absolute Gasteiger partial charge is 0.481 e. The van der Waals surface area contributed by atoms with Crippen LogP contribution in [0.2, 0.25) is 0 Å². The fraction of sp³-hybridized carbons (Fsp3) is 0.556. The molecule has 2 N–H and O–H groups in total. The van der Waals surface area contributed by atoms with E-state index in [-0.39, 0.29) is 6.54 Å². The smallest absolute Gasteiger partial charge is 0.323 e. The highest BCUT2D eigenvalue weighted by atomic mass is 32.1. The van der Waals surface area contributed by atoms with Gasteiger partial charge in [-0.2, -0.15) is 4.37 Å². The second-order valence-electron chi connectivity index (χ2n) is 3.70. The molecule has 0 aliphatic heterocycles. The topological polar surface area (TPSA) is 95.4 Å². The Bertz CT molecular complexity index is 420. The van der Waals surface area contributed by atoms with Crippen molar-refractivity contribution in [2.24, 2.45) is 5.92 Å². The van der Waals surface area contributed by atoms with Crippen molar-refractivity contribution in [3.8, 4) is 0 Å². The highest BCUT2D eigenvalue weighted by molar-refractivity contribution is 7.09. The highest BCUT2D eigenvalue weighted by Crippen LogP contribution is 2.11. The molecule has 1 aromatic rings. The zero-order valence-electron chi connectivity index (χ0n) is 9.80. The molecule has 0 saturated carbocycles. The third-order valence-electron chi connectivity index (χ3n) is 2.06. The molecule has 7 nitrogen and oxygen atoms in total. The first-order chi connectivity index (χ1) is 7.90. The standard InChI is InChI=1S/C9H14N4O3S/c1-5(7(14)15)4-13(3)9(16)11-8-10-6(2)12-17-8/h5H,4H2,1-3H3,(H,14,15)(H,10,11,12,16). The van der Waals surface area contributed by atoms with Crippen molar-refractivity contribution >= 4 is 28.7 Å². The number of carboxylic acids is 1. The number of carbonyl (C=O) groups is 2. The van der Waals surface area contributed by atoms with Crippen molar-refractivity contribution in [3.63, 3.8) is 0 Å². The van der Waals surface area contributed by atoms with Gasteiger partial charge in [0.1, 0.15) is 5.82 Å². The van der Waals surface area contributed by atoms with Gasteiger partial charge in [0.25, 0.3) is 0 Å². The minimum atomic E-state index is -0.934. The average Bonchev–Trinajstić information content (AvgIpc) is 2.63. The van der Waals surface area contributed by atoms with E-state index in [2.05, 4.69) is 14.7 Å². The van der Waals surface area contributed by atoms with Crippen LogP contribution in [0.3, 0.4) is 0 Å². The van der Waals surface area contributed by atoms with Gasteiger partial charge >= 0.3 is 12.0 Å². The summed E-state index contributed by atoms with van der Waals surface area (Å²) in [6.45, 7) is 3.41. The van der Waals surface area contributed by atoms with Gasteiger partial charge in [0, 0.05) is 25.1 Å². The monoisotopic (exact) mass is 258 g/mol. The third kappa shape index (κ3) is 3.99. The molecular weight excluding hydrogens is 244 g/mol. The zero-order chi connectivity index (χ0) is 13.0. The minimum absolute atomic E-state index is 0.138. The summed E-state index contributed by atoms with van der Waals surface area (Å²) in [6, 6.07) is -0.394. The molecule has 1 atom stereocenters. The van der Waals surface area contributed by atoms with Gasteiger partial charge in [-0.05, 0) is 6.92 Å². The van der Waals surface area contributed by atoms with Crippen LogP contribution in [-0.4, -0.2) is 45.0 Å². The summed E-state index contributed by atoms with van der Waals surface area (Å²) in [5.41, 5.74) is 0. The Hall–Kier alpha value is -1.70.